The van der Waals surface area contributed by atoms with Gasteiger partial charge in [-0.3, -0.25) is 9.69 Å². The number of nitrogens with two attached hydrogens (primary N) is 1. The highest BCUT2D eigenvalue weighted by Crippen LogP contribution is 2.19. The molecule has 5 heteroatoms. The van der Waals surface area contributed by atoms with Gasteiger partial charge in [-0.15, -0.1) is 0 Å². The number of carbonyl (C=O) groups is 1. The van der Waals surface area contributed by atoms with Crippen molar-refractivity contribution in [2.24, 2.45) is 11.7 Å². The Balaban J connectivity index is 1.65. The van der Waals surface area contributed by atoms with Gasteiger partial charge in [0.15, 0.2) is 0 Å². The summed E-state index contributed by atoms with van der Waals surface area (Å²) in [5, 5.41) is 3.55. The number of rotatable bonds is 4. The van der Waals surface area contributed by atoms with E-state index in [0.29, 0.717) is 16.5 Å². The molecule has 1 aliphatic rings. The Hall–Kier alpha value is -1.88. The van der Waals surface area contributed by atoms with Gasteiger partial charge in [0.1, 0.15) is 0 Å². The van der Waals surface area contributed by atoms with E-state index in [-0.39, 0.29) is 11.9 Å². The molecule has 1 saturated heterocycles. The van der Waals surface area contributed by atoms with Gasteiger partial charge in [0.25, 0.3) is 5.91 Å². The van der Waals surface area contributed by atoms with Gasteiger partial charge >= 0.3 is 0 Å². The zero-order valence-electron chi connectivity index (χ0n) is 13.7. The Bertz CT molecular complexity index is 707. The van der Waals surface area contributed by atoms with Crippen LogP contribution in [0.1, 0.15) is 22.8 Å². The van der Waals surface area contributed by atoms with E-state index in [4.69, 9.17) is 17.3 Å². The average Bonchev–Trinajstić information content (AvgIpc) is 2.86. The minimum atomic E-state index is -0.138. The van der Waals surface area contributed by atoms with Crippen LogP contribution >= 0.6 is 11.6 Å². The standard InChI is InChI=1S/C19H22ClN3O/c1-13-10-23(12-18(13)21)11-14-3-2-4-17(9-14)22-19(24)15-5-7-16(20)8-6-15/h2-9,13,18H,10-12,21H2,1H3,(H,22,24). The molecule has 3 rings (SSSR count). The number of hydrogen-bond donors (Lipinski definition) is 2. The van der Waals surface area contributed by atoms with E-state index in [2.05, 4.69) is 23.2 Å². The van der Waals surface area contributed by atoms with Crippen LogP contribution in [0.25, 0.3) is 0 Å². The lowest BCUT2D eigenvalue weighted by Crippen LogP contribution is -2.28. The van der Waals surface area contributed by atoms with Crippen LogP contribution in [-0.2, 0) is 6.54 Å². The highest BCUT2D eigenvalue weighted by Gasteiger charge is 2.26. The zero-order valence-corrected chi connectivity index (χ0v) is 14.5. The van der Waals surface area contributed by atoms with Crippen molar-refractivity contribution in [3.63, 3.8) is 0 Å². The van der Waals surface area contributed by atoms with Crippen molar-refractivity contribution < 1.29 is 4.79 Å². The Labute approximate surface area is 147 Å². The molecule has 0 aromatic heterocycles. The molecule has 24 heavy (non-hydrogen) atoms. The van der Waals surface area contributed by atoms with Crippen molar-refractivity contribution in [3.8, 4) is 0 Å². The topological polar surface area (TPSA) is 58.4 Å². The van der Waals surface area contributed by atoms with E-state index >= 15 is 0 Å². The maximum absolute atomic E-state index is 12.3. The number of amides is 1. The van der Waals surface area contributed by atoms with Crippen molar-refractivity contribution in [1.29, 1.82) is 0 Å². The summed E-state index contributed by atoms with van der Waals surface area (Å²) in [5.74, 6) is 0.387. The lowest BCUT2D eigenvalue weighted by molar-refractivity contribution is 0.102. The number of benzene rings is 2. The van der Waals surface area contributed by atoms with Gasteiger partial charge < -0.3 is 11.1 Å². The molecule has 0 saturated carbocycles. The molecule has 2 atom stereocenters. The Morgan fingerprint density at radius 3 is 2.67 bits per heavy atom. The lowest BCUT2D eigenvalue weighted by atomic mass is 10.1. The van der Waals surface area contributed by atoms with Crippen LogP contribution in [0.5, 0.6) is 0 Å². The Morgan fingerprint density at radius 2 is 2.00 bits per heavy atom. The van der Waals surface area contributed by atoms with Gasteiger partial charge in [-0.1, -0.05) is 30.7 Å². The quantitative estimate of drug-likeness (QED) is 0.894. The predicted molar refractivity (Wildman–Crippen MR) is 98.3 cm³/mol. The fourth-order valence-electron chi connectivity index (χ4n) is 3.03. The molecular formula is C19H22ClN3O. The van der Waals surface area contributed by atoms with Crippen LogP contribution in [0.3, 0.4) is 0 Å². The molecule has 1 aliphatic heterocycles. The second-order valence-electron chi connectivity index (χ2n) is 6.50. The molecule has 2 aromatic carbocycles. The molecular weight excluding hydrogens is 322 g/mol. The number of carbonyl (C=O) groups excluding carboxylic acids is 1. The fourth-order valence-corrected chi connectivity index (χ4v) is 3.16. The summed E-state index contributed by atoms with van der Waals surface area (Å²) in [6.45, 7) is 4.97. The van der Waals surface area contributed by atoms with Gasteiger partial charge in [0.2, 0.25) is 0 Å². The summed E-state index contributed by atoms with van der Waals surface area (Å²) in [4.78, 5) is 14.6. The second-order valence-corrected chi connectivity index (χ2v) is 6.93. The summed E-state index contributed by atoms with van der Waals surface area (Å²) >= 11 is 5.85. The van der Waals surface area contributed by atoms with Crippen LogP contribution in [-0.4, -0.2) is 29.9 Å². The van der Waals surface area contributed by atoms with Crippen LogP contribution < -0.4 is 11.1 Å². The highest BCUT2D eigenvalue weighted by molar-refractivity contribution is 6.30. The van der Waals surface area contributed by atoms with E-state index in [1.165, 1.54) is 5.56 Å². The molecule has 0 spiro atoms. The van der Waals surface area contributed by atoms with Crippen LogP contribution in [0.4, 0.5) is 5.69 Å². The molecule has 2 unspecified atom stereocenters. The van der Waals surface area contributed by atoms with E-state index in [1.54, 1.807) is 24.3 Å². The summed E-state index contributed by atoms with van der Waals surface area (Å²) < 4.78 is 0. The molecule has 126 valence electrons. The van der Waals surface area contributed by atoms with Crippen LogP contribution in [0, 0.1) is 5.92 Å². The van der Waals surface area contributed by atoms with Crippen LogP contribution in [0.2, 0.25) is 5.02 Å². The molecule has 2 aromatic rings. The molecule has 0 aliphatic carbocycles. The average molecular weight is 344 g/mol. The molecule has 0 bridgehead atoms. The first-order valence-corrected chi connectivity index (χ1v) is 8.53. The van der Waals surface area contributed by atoms with Gasteiger partial charge in [-0.25, -0.2) is 0 Å². The van der Waals surface area contributed by atoms with Crippen molar-refractivity contribution >= 4 is 23.2 Å². The third kappa shape index (κ3) is 4.15. The second kappa shape index (κ2) is 7.34. The first-order chi connectivity index (χ1) is 11.5. The highest BCUT2D eigenvalue weighted by atomic mass is 35.5. The number of nitrogens with one attached hydrogen (secondary N) is 1. The normalized spacial score (nSPS) is 21.0. The SMILES string of the molecule is CC1CN(Cc2cccc(NC(=O)c3ccc(Cl)cc3)c2)CC1N. The van der Waals surface area contributed by atoms with Gasteiger partial charge in [0.05, 0.1) is 0 Å². The number of hydrogen-bond acceptors (Lipinski definition) is 3. The molecule has 1 amide bonds. The maximum Gasteiger partial charge on any atom is 0.255 e. The van der Waals surface area contributed by atoms with Gasteiger partial charge in [0, 0.05) is 41.9 Å². The zero-order chi connectivity index (χ0) is 17.1. The number of halogens is 1. The van der Waals surface area contributed by atoms with Crippen LogP contribution in [0.15, 0.2) is 48.5 Å². The maximum atomic E-state index is 12.3. The van der Waals surface area contributed by atoms with Crippen molar-refractivity contribution in [1.82, 2.24) is 4.90 Å². The molecule has 0 radical (unpaired) electrons. The van der Waals surface area contributed by atoms with E-state index in [1.807, 2.05) is 18.2 Å². The largest absolute Gasteiger partial charge is 0.326 e. The summed E-state index contributed by atoms with van der Waals surface area (Å²) in [6, 6.07) is 15.1. The first kappa shape index (κ1) is 17.0. The smallest absolute Gasteiger partial charge is 0.255 e. The predicted octanol–water partition coefficient (Wildman–Crippen LogP) is 3.37. The third-order valence-corrected chi connectivity index (χ3v) is 4.70. The number of nitrogens with zero attached hydrogens (tertiary/aromatic N) is 1. The van der Waals surface area contributed by atoms with E-state index in [0.717, 1.165) is 25.3 Å². The summed E-state index contributed by atoms with van der Waals surface area (Å²) in [6.07, 6.45) is 0. The third-order valence-electron chi connectivity index (χ3n) is 4.44. The van der Waals surface area contributed by atoms with Crippen molar-refractivity contribution in [2.75, 3.05) is 18.4 Å². The first-order valence-electron chi connectivity index (χ1n) is 8.15. The minimum Gasteiger partial charge on any atom is -0.326 e. The van der Waals surface area contributed by atoms with Gasteiger partial charge in [-0.2, -0.15) is 0 Å². The van der Waals surface area contributed by atoms with E-state index < -0.39 is 0 Å². The fraction of sp³-hybridized carbons (Fsp3) is 0.316. The Morgan fingerprint density at radius 1 is 1.25 bits per heavy atom. The monoisotopic (exact) mass is 343 g/mol. The molecule has 1 fully saturated rings. The summed E-state index contributed by atoms with van der Waals surface area (Å²) in [7, 11) is 0. The van der Waals surface area contributed by atoms with Gasteiger partial charge in [-0.05, 0) is 47.9 Å². The minimum absolute atomic E-state index is 0.138. The van der Waals surface area contributed by atoms with Crippen molar-refractivity contribution in [2.45, 2.75) is 19.5 Å². The molecule has 3 N–H and O–H groups in total. The van der Waals surface area contributed by atoms with Crippen molar-refractivity contribution in [3.05, 3.63) is 64.7 Å². The number of likely N-dealkylation sites (tertiary alicyclic amines) is 1. The van der Waals surface area contributed by atoms with E-state index in [9.17, 15) is 4.79 Å². The molecule has 1 heterocycles. The Kier molecular flexibility index (Phi) is 5.19. The molecule has 4 nitrogen and oxygen atoms in total. The lowest BCUT2D eigenvalue weighted by Gasteiger charge is -2.16. The summed E-state index contributed by atoms with van der Waals surface area (Å²) in [5.41, 5.74) is 8.64. The number of anilines is 1.